The Kier molecular flexibility index (Phi) is 4.60. The molecule has 0 unspecified atom stereocenters. The number of carbonyl (C=O) groups is 1. The molecule has 2 aromatic carbocycles. The van der Waals surface area contributed by atoms with Gasteiger partial charge in [-0.15, -0.1) is 0 Å². The molecule has 1 heterocycles. The molecule has 1 N–H and O–H groups in total. The highest BCUT2D eigenvalue weighted by Crippen LogP contribution is 2.32. The van der Waals surface area contributed by atoms with Gasteiger partial charge >= 0.3 is 0 Å². The number of nitrogens with one attached hydrogen (secondary N) is 1. The van der Waals surface area contributed by atoms with E-state index in [4.69, 9.17) is 9.47 Å². The summed E-state index contributed by atoms with van der Waals surface area (Å²) < 4.78 is 11.2. The van der Waals surface area contributed by atoms with Gasteiger partial charge in [0.15, 0.2) is 11.5 Å². The summed E-state index contributed by atoms with van der Waals surface area (Å²) in [6.07, 6.45) is 0. The molecule has 0 radical (unpaired) electrons. The molecule has 1 amide bonds. The van der Waals surface area contributed by atoms with Gasteiger partial charge in [-0.2, -0.15) is 0 Å². The lowest BCUT2D eigenvalue weighted by atomic mass is 10.1. The highest BCUT2D eigenvalue weighted by Gasteiger charge is 2.15. The standard InChI is InChI=1S/C19H22N2O3/c1-13-10-17-18(24-9-8-23-17)11-15(13)12-20-19(22)14-4-6-16(7-5-14)21(2)3/h4-7,10-11H,8-9,12H2,1-3H3,(H,20,22). The van der Waals surface area contributed by atoms with Crippen LogP contribution in [0, 0.1) is 6.92 Å². The zero-order chi connectivity index (χ0) is 17.1. The minimum absolute atomic E-state index is 0.0883. The molecule has 0 aliphatic carbocycles. The van der Waals surface area contributed by atoms with Crippen LogP contribution in [0.2, 0.25) is 0 Å². The molecule has 5 nitrogen and oxygen atoms in total. The zero-order valence-electron chi connectivity index (χ0n) is 14.3. The maximum absolute atomic E-state index is 12.3. The molecular weight excluding hydrogens is 304 g/mol. The molecule has 1 aliphatic rings. The molecule has 24 heavy (non-hydrogen) atoms. The first-order valence-electron chi connectivity index (χ1n) is 7.99. The maximum atomic E-state index is 12.3. The van der Waals surface area contributed by atoms with Crippen molar-refractivity contribution in [2.45, 2.75) is 13.5 Å². The predicted molar refractivity (Wildman–Crippen MR) is 94.1 cm³/mol. The van der Waals surface area contributed by atoms with Gasteiger partial charge in [-0.05, 0) is 54.4 Å². The highest BCUT2D eigenvalue weighted by molar-refractivity contribution is 5.94. The normalized spacial score (nSPS) is 12.6. The van der Waals surface area contributed by atoms with Crippen LogP contribution in [0.1, 0.15) is 21.5 Å². The Morgan fingerprint density at radius 1 is 1.08 bits per heavy atom. The average Bonchev–Trinajstić information content (AvgIpc) is 2.59. The second-order valence-corrected chi connectivity index (χ2v) is 6.05. The van der Waals surface area contributed by atoms with Gasteiger partial charge in [0.2, 0.25) is 0 Å². The van der Waals surface area contributed by atoms with Crippen LogP contribution in [0.15, 0.2) is 36.4 Å². The number of amides is 1. The number of nitrogens with zero attached hydrogens (tertiary/aromatic N) is 1. The van der Waals surface area contributed by atoms with E-state index in [9.17, 15) is 4.79 Å². The van der Waals surface area contributed by atoms with E-state index in [2.05, 4.69) is 5.32 Å². The van der Waals surface area contributed by atoms with E-state index >= 15 is 0 Å². The lowest BCUT2D eigenvalue weighted by molar-refractivity contribution is 0.0951. The Morgan fingerprint density at radius 2 is 1.71 bits per heavy atom. The molecule has 0 bridgehead atoms. The van der Waals surface area contributed by atoms with Crippen LogP contribution in [0.3, 0.4) is 0 Å². The Balaban J connectivity index is 1.68. The van der Waals surface area contributed by atoms with E-state index in [-0.39, 0.29) is 5.91 Å². The molecule has 126 valence electrons. The van der Waals surface area contributed by atoms with Gasteiger partial charge in [-0.25, -0.2) is 0 Å². The lowest BCUT2D eigenvalue weighted by Crippen LogP contribution is -2.23. The summed E-state index contributed by atoms with van der Waals surface area (Å²) in [7, 11) is 3.94. The smallest absolute Gasteiger partial charge is 0.251 e. The Morgan fingerprint density at radius 3 is 2.33 bits per heavy atom. The molecule has 1 aliphatic heterocycles. The molecule has 0 saturated heterocycles. The molecule has 3 rings (SSSR count). The summed E-state index contributed by atoms with van der Waals surface area (Å²) in [5.41, 5.74) is 3.81. The predicted octanol–water partition coefficient (Wildman–Crippen LogP) is 2.76. The molecule has 0 atom stereocenters. The number of rotatable bonds is 4. The minimum Gasteiger partial charge on any atom is -0.486 e. The van der Waals surface area contributed by atoms with Gasteiger partial charge in [0.25, 0.3) is 5.91 Å². The minimum atomic E-state index is -0.0883. The summed E-state index contributed by atoms with van der Waals surface area (Å²) >= 11 is 0. The second-order valence-electron chi connectivity index (χ2n) is 6.05. The molecule has 5 heteroatoms. The van der Waals surface area contributed by atoms with E-state index < -0.39 is 0 Å². The summed E-state index contributed by atoms with van der Waals surface area (Å²) in [5, 5.41) is 2.96. The largest absolute Gasteiger partial charge is 0.486 e. The number of fused-ring (bicyclic) bond motifs is 1. The molecular formula is C19H22N2O3. The molecule has 2 aromatic rings. The van der Waals surface area contributed by atoms with Gasteiger partial charge in [0.05, 0.1) is 0 Å². The van der Waals surface area contributed by atoms with E-state index in [1.54, 1.807) is 0 Å². The third kappa shape index (κ3) is 3.45. The number of ether oxygens (including phenoxy) is 2. The van der Waals surface area contributed by atoms with Crippen molar-refractivity contribution in [2.24, 2.45) is 0 Å². The topological polar surface area (TPSA) is 50.8 Å². The van der Waals surface area contributed by atoms with Crippen molar-refractivity contribution in [1.29, 1.82) is 0 Å². The van der Waals surface area contributed by atoms with Crippen LogP contribution in [-0.4, -0.2) is 33.2 Å². The van der Waals surface area contributed by atoms with Gasteiger partial charge in [0, 0.05) is 31.9 Å². The van der Waals surface area contributed by atoms with Crippen molar-refractivity contribution in [3.8, 4) is 11.5 Å². The lowest BCUT2D eigenvalue weighted by Gasteiger charge is -2.20. The Labute approximate surface area is 142 Å². The van der Waals surface area contributed by atoms with Crippen LogP contribution in [0.5, 0.6) is 11.5 Å². The number of carbonyl (C=O) groups excluding carboxylic acids is 1. The van der Waals surface area contributed by atoms with E-state index in [1.165, 1.54) is 0 Å². The number of benzene rings is 2. The quantitative estimate of drug-likeness (QED) is 0.939. The fraction of sp³-hybridized carbons (Fsp3) is 0.316. The Hall–Kier alpha value is -2.69. The summed E-state index contributed by atoms with van der Waals surface area (Å²) in [5.74, 6) is 1.43. The van der Waals surface area contributed by atoms with Crippen molar-refractivity contribution >= 4 is 11.6 Å². The van der Waals surface area contributed by atoms with Crippen molar-refractivity contribution in [3.63, 3.8) is 0 Å². The van der Waals surface area contributed by atoms with Crippen molar-refractivity contribution < 1.29 is 14.3 Å². The third-order valence-corrected chi connectivity index (χ3v) is 4.09. The first-order chi connectivity index (χ1) is 11.5. The molecule has 0 aromatic heterocycles. The van der Waals surface area contributed by atoms with Crippen LogP contribution in [0.4, 0.5) is 5.69 Å². The fourth-order valence-corrected chi connectivity index (χ4v) is 2.61. The van der Waals surface area contributed by atoms with Crippen LogP contribution < -0.4 is 19.7 Å². The first-order valence-corrected chi connectivity index (χ1v) is 7.99. The molecule has 0 saturated carbocycles. The third-order valence-electron chi connectivity index (χ3n) is 4.09. The number of anilines is 1. The van der Waals surface area contributed by atoms with Gasteiger partial charge in [0.1, 0.15) is 13.2 Å². The molecule has 0 fully saturated rings. The van der Waals surface area contributed by atoms with Crippen LogP contribution in [-0.2, 0) is 6.54 Å². The van der Waals surface area contributed by atoms with Crippen molar-refractivity contribution in [1.82, 2.24) is 5.32 Å². The van der Waals surface area contributed by atoms with Gasteiger partial charge in [-0.3, -0.25) is 4.79 Å². The van der Waals surface area contributed by atoms with E-state index in [1.807, 2.05) is 62.3 Å². The van der Waals surface area contributed by atoms with Crippen molar-refractivity contribution in [3.05, 3.63) is 53.1 Å². The monoisotopic (exact) mass is 326 g/mol. The van der Waals surface area contributed by atoms with E-state index in [0.29, 0.717) is 25.3 Å². The number of hydrogen-bond donors (Lipinski definition) is 1. The first kappa shape index (κ1) is 16.2. The summed E-state index contributed by atoms with van der Waals surface area (Å²) in [6, 6.07) is 11.4. The number of aryl methyl sites for hydroxylation is 1. The van der Waals surface area contributed by atoms with E-state index in [0.717, 1.165) is 28.3 Å². The Bertz CT molecular complexity index is 739. The SMILES string of the molecule is Cc1cc2c(cc1CNC(=O)c1ccc(N(C)C)cc1)OCCO2. The second kappa shape index (κ2) is 6.83. The van der Waals surface area contributed by atoms with Crippen LogP contribution >= 0.6 is 0 Å². The highest BCUT2D eigenvalue weighted by atomic mass is 16.6. The number of hydrogen-bond acceptors (Lipinski definition) is 4. The maximum Gasteiger partial charge on any atom is 0.251 e. The fourth-order valence-electron chi connectivity index (χ4n) is 2.61. The summed E-state index contributed by atoms with van der Waals surface area (Å²) in [6.45, 7) is 3.59. The summed E-state index contributed by atoms with van der Waals surface area (Å²) in [4.78, 5) is 14.3. The molecule has 0 spiro atoms. The van der Waals surface area contributed by atoms with Crippen molar-refractivity contribution in [2.75, 3.05) is 32.2 Å². The van der Waals surface area contributed by atoms with Gasteiger partial charge < -0.3 is 19.7 Å². The van der Waals surface area contributed by atoms with Crippen LogP contribution in [0.25, 0.3) is 0 Å². The van der Waals surface area contributed by atoms with Gasteiger partial charge in [-0.1, -0.05) is 0 Å². The zero-order valence-corrected chi connectivity index (χ0v) is 14.3. The average molecular weight is 326 g/mol.